The summed E-state index contributed by atoms with van der Waals surface area (Å²) < 4.78 is 38.1. The molecule has 0 aliphatic heterocycles. The lowest BCUT2D eigenvalue weighted by atomic mass is 10.1. The van der Waals surface area contributed by atoms with Gasteiger partial charge in [-0.05, 0) is 6.42 Å². The summed E-state index contributed by atoms with van der Waals surface area (Å²) in [6, 6.07) is -1.36. The van der Waals surface area contributed by atoms with E-state index in [9.17, 15) is 43.3 Å². The molecule has 1 atom stereocenters. The predicted octanol–water partition coefficient (Wildman–Crippen LogP) is 1.46. The van der Waals surface area contributed by atoms with Crippen LogP contribution in [0.2, 0.25) is 0 Å². The van der Waals surface area contributed by atoms with Crippen molar-refractivity contribution in [2.75, 3.05) is 5.32 Å². The van der Waals surface area contributed by atoms with Gasteiger partial charge in [0.05, 0.1) is 27.4 Å². The third-order valence-electron chi connectivity index (χ3n) is 2.83. The fraction of sp³-hybridized carbons (Fsp3) is 0.364. The lowest BCUT2D eigenvalue weighted by molar-refractivity contribution is -0.392. The first-order valence-electron chi connectivity index (χ1n) is 6.00. The molecule has 23 heavy (non-hydrogen) atoms. The second kappa shape index (κ2) is 6.46. The smallest absolute Gasteiger partial charge is 0.416 e. The maximum Gasteiger partial charge on any atom is 0.416 e. The number of rotatable bonds is 6. The zero-order chi connectivity index (χ0) is 17.9. The minimum atomic E-state index is -5.05. The number of carboxylic acid groups (broad SMARTS) is 1. The number of carbonyl (C=O) groups is 1. The molecule has 0 amide bonds. The molecule has 1 aromatic rings. The van der Waals surface area contributed by atoms with Gasteiger partial charge in [0.15, 0.2) is 5.69 Å². The summed E-state index contributed by atoms with van der Waals surface area (Å²) in [5, 5.41) is 34.7. The normalized spacial score (nSPS) is 12.5. The van der Waals surface area contributed by atoms with Crippen LogP contribution in [-0.2, 0) is 11.0 Å². The standard InChI is InChI=1S/C11H10F3N3O6/c1-2-6(10(18)19)15-9-7(16(20)21)3-5(11(12,13)14)4-8(9)17(22)23/h3-4,6,15H,2H2,1H3,(H,18,19)/p-1/t6-/m0/s1. The highest BCUT2D eigenvalue weighted by Crippen LogP contribution is 2.41. The zero-order valence-corrected chi connectivity index (χ0v) is 11.4. The molecular weight excluding hydrogens is 327 g/mol. The molecule has 0 saturated carbocycles. The third-order valence-corrected chi connectivity index (χ3v) is 2.83. The molecule has 0 saturated heterocycles. The Hall–Kier alpha value is -2.92. The monoisotopic (exact) mass is 336 g/mol. The first kappa shape index (κ1) is 18.1. The molecule has 0 radical (unpaired) electrons. The van der Waals surface area contributed by atoms with Gasteiger partial charge in [-0.25, -0.2) is 0 Å². The van der Waals surface area contributed by atoms with Gasteiger partial charge in [-0.2, -0.15) is 13.2 Å². The van der Waals surface area contributed by atoms with E-state index in [2.05, 4.69) is 0 Å². The zero-order valence-electron chi connectivity index (χ0n) is 11.4. The topological polar surface area (TPSA) is 138 Å². The van der Waals surface area contributed by atoms with Crippen molar-refractivity contribution in [3.63, 3.8) is 0 Å². The Balaban J connectivity index is 3.62. The van der Waals surface area contributed by atoms with Crippen LogP contribution in [0.3, 0.4) is 0 Å². The van der Waals surface area contributed by atoms with Gasteiger partial charge in [0.2, 0.25) is 0 Å². The fourth-order valence-electron chi connectivity index (χ4n) is 1.71. The number of nitrogens with zero attached hydrogens (tertiary/aromatic N) is 2. The number of hydrogen-bond donors (Lipinski definition) is 1. The Morgan fingerprint density at radius 1 is 1.22 bits per heavy atom. The molecule has 12 heteroatoms. The van der Waals surface area contributed by atoms with Crippen molar-refractivity contribution in [2.45, 2.75) is 25.6 Å². The molecule has 0 fully saturated rings. The number of benzene rings is 1. The molecule has 0 aromatic heterocycles. The van der Waals surface area contributed by atoms with Crippen LogP contribution in [0.15, 0.2) is 12.1 Å². The van der Waals surface area contributed by atoms with Gasteiger partial charge in [-0.1, -0.05) is 6.92 Å². The van der Waals surface area contributed by atoms with Crippen LogP contribution in [0.5, 0.6) is 0 Å². The van der Waals surface area contributed by atoms with Crippen molar-refractivity contribution in [1.82, 2.24) is 0 Å². The molecule has 1 rings (SSSR count). The number of nitro benzene ring substituents is 2. The molecule has 0 bridgehead atoms. The molecule has 126 valence electrons. The molecule has 0 aliphatic rings. The van der Waals surface area contributed by atoms with E-state index in [4.69, 9.17) is 0 Å². The third kappa shape index (κ3) is 4.05. The summed E-state index contributed by atoms with van der Waals surface area (Å²) in [4.78, 5) is 30.1. The summed E-state index contributed by atoms with van der Waals surface area (Å²) in [6.45, 7) is 1.34. The number of halogens is 3. The quantitative estimate of drug-likeness (QED) is 0.613. The van der Waals surface area contributed by atoms with Gasteiger partial charge in [0, 0.05) is 12.1 Å². The Morgan fingerprint density at radius 3 is 1.91 bits per heavy atom. The highest BCUT2D eigenvalue weighted by atomic mass is 19.4. The number of anilines is 1. The number of nitro groups is 2. The molecule has 0 unspecified atom stereocenters. The summed E-state index contributed by atoms with van der Waals surface area (Å²) >= 11 is 0. The SMILES string of the molecule is CC[C@H](Nc1c([N+](=O)[O-])cc(C(F)(F)F)cc1[N+](=O)[O-])C(=O)[O-]. The number of carboxylic acids is 1. The number of nitrogens with one attached hydrogen (secondary N) is 1. The second-order valence-electron chi connectivity index (χ2n) is 4.33. The first-order valence-corrected chi connectivity index (χ1v) is 6.00. The number of hydrogen-bond acceptors (Lipinski definition) is 7. The van der Waals surface area contributed by atoms with Gasteiger partial charge in [0.1, 0.15) is 0 Å². The molecule has 0 aliphatic carbocycles. The highest BCUT2D eigenvalue weighted by Gasteiger charge is 2.38. The lowest BCUT2D eigenvalue weighted by Crippen LogP contribution is -2.40. The molecular formula is C11H9F3N3O6-. The van der Waals surface area contributed by atoms with Crippen molar-refractivity contribution in [3.8, 4) is 0 Å². The fourth-order valence-corrected chi connectivity index (χ4v) is 1.71. The van der Waals surface area contributed by atoms with Crippen LogP contribution in [-0.4, -0.2) is 21.9 Å². The van der Waals surface area contributed by atoms with Crippen molar-refractivity contribution < 1.29 is 32.9 Å². The van der Waals surface area contributed by atoms with Crippen molar-refractivity contribution in [2.24, 2.45) is 0 Å². The van der Waals surface area contributed by atoms with Crippen LogP contribution >= 0.6 is 0 Å². The van der Waals surface area contributed by atoms with Gasteiger partial charge < -0.3 is 15.2 Å². The van der Waals surface area contributed by atoms with Crippen LogP contribution in [0, 0.1) is 20.2 Å². The Labute approximate surface area is 126 Å². The molecule has 1 aromatic carbocycles. The minimum absolute atomic E-state index is 0.0946. The average molecular weight is 336 g/mol. The largest absolute Gasteiger partial charge is 0.548 e. The van der Waals surface area contributed by atoms with Crippen LogP contribution in [0.4, 0.5) is 30.2 Å². The summed E-state index contributed by atoms with van der Waals surface area (Å²) in [5.41, 5.74) is -5.04. The van der Waals surface area contributed by atoms with Gasteiger partial charge in [-0.3, -0.25) is 20.2 Å². The number of carbonyl (C=O) groups excluding carboxylic acids is 1. The van der Waals surface area contributed by atoms with E-state index in [-0.39, 0.29) is 18.6 Å². The van der Waals surface area contributed by atoms with E-state index in [0.717, 1.165) is 0 Å². The highest BCUT2D eigenvalue weighted by molar-refractivity contribution is 5.82. The Morgan fingerprint density at radius 2 is 1.65 bits per heavy atom. The number of aliphatic carboxylic acids is 1. The maximum atomic E-state index is 12.7. The van der Waals surface area contributed by atoms with Crippen LogP contribution in [0.25, 0.3) is 0 Å². The van der Waals surface area contributed by atoms with E-state index < -0.39 is 50.7 Å². The lowest BCUT2D eigenvalue weighted by Gasteiger charge is -2.19. The van der Waals surface area contributed by atoms with Gasteiger partial charge in [0.25, 0.3) is 11.4 Å². The van der Waals surface area contributed by atoms with Gasteiger partial charge in [-0.15, -0.1) is 0 Å². The summed E-state index contributed by atoms with van der Waals surface area (Å²) in [7, 11) is 0. The van der Waals surface area contributed by atoms with E-state index >= 15 is 0 Å². The van der Waals surface area contributed by atoms with Crippen LogP contribution < -0.4 is 10.4 Å². The first-order chi connectivity index (χ1) is 10.5. The van der Waals surface area contributed by atoms with Crippen LogP contribution in [0.1, 0.15) is 18.9 Å². The molecule has 9 nitrogen and oxygen atoms in total. The average Bonchev–Trinajstić information content (AvgIpc) is 2.42. The summed E-state index contributed by atoms with van der Waals surface area (Å²) in [6.07, 6.45) is -5.22. The maximum absolute atomic E-state index is 12.7. The van der Waals surface area contributed by atoms with Crippen molar-refractivity contribution >= 4 is 23.0 Å². The number of alkyl halides is 3. The van der Waals surface area contributed by atoms with Crippen molar-refractivity contribution in [3.05, 3.63) is 37.9 Å². The van der Waals surface area contributed by atoms with E-state index in [1.807, 2.05) is 5.32 Å². The Bertz CT molecular complexity index is 626. The van der Waals surface area contributed by atoms with Gasteiger partial charge >= 0.3 is 6.18 Å². The van der Waals surface area contributed by atoms with Crippen molar-refractivity contribution in [1.29, 1.82) is 0 Å². The van der Waals surface area contributed by atoms with E-state index in [0.29, 0.717) is 0 Å². The molecule has 1 N–H and O–H groups in total. The summed E-state index contributed by atoms with van der Waals surface area (Å²) in [5.74, 6) is -1.71. The van der Waals surface area contributed by atoms with E-state index in [1.54, 1.807) is 0 Å². The van der Waals surface area contributed by atoms with E-state index in [1.165, 1.54) is 6.92 Å². The minimum Gasteiger partial charge on any atom is -0.548 e. The molecule has 0 spiro atoms. The second-order valence-corrected chi connectivity index (χ2v) is 4.33. The predicted molar refractivity (Wildman–Crippen MR) is 67.5 cm³/mol. The Kier molecular flexibility index (Phi) is 5.09. The molecule has 0 heterocycles.